The number of nitrogens with two attached hydrogens (primary N) is 1. The van der Waals surface area contributed by atoms with E-state index in [0.29, 0.717) is 18.7 Å². The first-order valence-electron chi connectivity index (χ1n) is 6.49. The molecule has 3 nitrogen and oxygen atoms in total. The summed E-state index contributed by atoms with van der Waals surface area (Å²) in [6.45, 7) is 0.605. The Morgan fingerprint density at radius 2 is 1.85 bits per heavy atom. The summed E-state index contributed by atoms with van der Waals surface area (Å²) in [6, 6.07) is 15.0. The zero-order valence-electron chi connectivity index (χ0n) is 11.1. The average Bonchev–Trinajstić information content (AvgIpc) is 2.41. The van der Waals surface area contributed by atoms with E-state index in [0.717, 1.165) is 22.6 Å². The van der Waals surface area contributed by atoms with E-state index in [1.165, 1.54) is 0 Å². The number of rotatable bonds is 5. The maximum absolute atomic E-state index is 11.8. The van der Waals surface area contributed by atoms with Crippen LogP contribution in [0.1, 0.15) is 11.1 Å². The standard InChI is InChI=1S/C16H17ClN2O/c17-14-3-1-2-12(10-14)8-9-19-16(20)11-13-4-6-15(18)7-5-13/h1-7,10H,8-9,11,18H2,(H,19,20). The van der Waals surface area contributed by atoms with Gasteiger partial charge in [0.25, 0.3) is 0 Å². The summed E-state index contributed by atoms with van der Waals surface area (Å²) in [4.78, 5) is 11.8. The number of benzene rings is 2. The average molecular weight is 289 g/mol. The molecule has 0 aromatic heterocycles. The zero-order chi connectivity index (χ0) is 14.4. The van der Waals surface area contributed by atoms with Gasteiger partial charge in [0.2, 0.25) is 5.91 Å². The molecule has 0 heterocycles. The molecular formula is C16H17ClN2O. The van der Waals surface area contributed by atoms with E-state index >= 15 is 0 Å². The molecule has 0 radical (unpaired) electrons. The van der Waals surface area contributed by atoms with Gasteiger partial charge >= 0.3 is 0 Å². The molecule has 2 rings (SSSR count). The van der Waals surface area contributed by atoms with Gasteiger partial charge in [0.15, 0.2) is 0 Å². The SMILES string of the molecule is Nc1ccc(CC(=O)NCCc2cccc(Cl)c2)cc1. The van der Waals surface area contributed by atoms with E-state index in [2.05, 4.69) is 5.32 Å². The minimum atomic E-state index is 0.0109. The molecule has 4 heteroatoms. The van der Waals surface area contributed by atoms with Crippen LogP contribution in [0.3, 0.4) is 0 Å². The molecule has 0 aliphatic rings. The molecule has 0 fully saturated rings. The van der Waals surface area contributed by atoms with E-state index in [9.17, 15) is 4.79 Å². The second-order valence-electron chi connectivity index (χ2n) is 4.65. The van der Waals surface area contributed by atoms with E-state index in [4.69, 9.17) is 17.3 Å². The van der Waals surface area contributed by atoms with Crippen molar-refractivity contribution in [2.45, 2.75) is 12.8 Å². The summed E-state index contributed by atoms with van der Waals surface area (Å²) in [7, 11) is 0. The monoisotopic (exact) mass is 288 g/mol. The minimum absolute atomic E-state index is 0.0109. The first kappa shape index (κ1) is 14.4. The predicted molar refractivity (Wildman–Crippen MR) is 82.7 cm³/mol. The van der Waals surface area contributed by atoms with Crippen molar-refractivity contribution in [3.05, 3.63) is 64.7 Å². The number of halogens is 1. The summed E-state index contributed by atoms with van der Waals surface area (Å²) >= 11 is 5.91. The molecule has 2 aromatic rings. The van der Waals surface area contributed by atoms with Crippen molar-refractivity contribution < 1.29 is 4.79 Å². The number of amides is 1. The molecule has 0 spiro atoms. The van der Waals surface area contributed by atoms with Crippen molar-refractivity contribution in [3.8, 4) is 0 Å². The summed E-state index contributed by atoms with van der Waals surface area (Å²) in [5.41, 5.74) is 8.38. The van der Waals surface area contributed by atoms with Crippen molar-refractivity contribution in [3.63, 3.8) is 0 Å². The van der Waals surface area contributed by atoms with E-state index in [-0.39, 0.29) is 5.91 Å². The lowest BCUT2D eigenvalue weighted by molar-refractivity contribution is -0.120. The summed E-state index contributed by atoms with van der Waals surface area (Å²) in [5, 5.41) is 3.62. The molecule has 20 heavy (non-hydrogen) atoms. The first-order chi connectivity index (χ1) is 9.63. The van der Waals surface area contributed by atoms with Gasteiger partial charge < -0.3 is 11.1 Å². The molecule has 1 amide bonds. The third kappa shape index (κ3) is 4.59. The van der Waals surface area contributed by atoms with Crippen LogP contribution in [0.2, 0.25) is 5.02 Å². The molecule has 0 saturated carbocycles. The number of nitrogens with one attached hydrogen (secondary N) is 1. The van der Waals surface area contributed by atoms with Gasteiger partial charge in [-0.25, -0.2) is 0 Å². The van der Waals surface area contributed by atoms with Gasteiger partial charge in [0.1, 0.15) is 0 Å². The smallest absolute Gasteiger partial charge is 0.224 e. The highest BCUT2D eigenvalue weighted by Gasteiger charge is 2.03. The Hall–Kier alpha value is -2.00. The molecule has 3 N–H and O–H groups in total. The second kappa shape index (κ2) is 6.96. The summed E-state index contributed by atoms with van der Waals surface area (Å²) < 4.78 is 0. The predicted octanol–water partition coefficient (Wildman–Crippen LogP) is 2.82. The number of hydrogen-bond acceptors (Lipinski definition) is 2. The highest BCUT2D eigenvalue weighted by atomic mass is 35.5. The Bertz CT molecular complexity index is 581. The largest absolute Gasteiger partial charge is 0.399 e. The minimum Gasteiger partial charge on any atom is -0.399 e. The lowest BCUT2D eigenvalue weighted by Gasteiger charge is -2.06. The Kier molecular flexibility index (Phi) is 5.02. The van der Waals surface area contributed by atoms with Crippen molar-refractivity contribution in [1.29, 1.82) is 0 Å². The Morgan fingerprint density at radius 1 is 1.10 bits per heavy atom. The fourth-order valence-corrected chi connectivity index (χ4v) is 2.13. The van der Waals surface area contributed by atoms with Crippen LogP contribution >= 0.6 is 11.6 Å². The lowest BCUT2D eigenvalue weighted by Crippen LogP contribution is -2.27. The molecule has 0 saturated heterocycles. The summed E-state index contributed by atoms with van der Waals surface area (Å²) in [5.74, 6) is 0.0109. The highest BCUT2D eigenvalue weighted by molar-refractivity contribution is 6.30. The van der Waals surface area contributed by atoms with Crippen molar-refractivity contribution >= 4 is 23.2 Å². The first-order valence-corrected chi connectivity index (χ1v) is 6.87. The molecule has 2 aromatic carbocycles. The normalized spacial score (nSPS) is 10.2. The van der Waals surface area contributed by atoms with Crippen molar-refractivity contribution in [1.82, 2.24) is 5.32 Å². The van der Waals surface area contributed by atoms with Crippen LogP contribution in [0.15, 0.2) is 48.5 Å². The van der Waals surface area contributed by atoms with Gasteiger partial charge in [0.05, 0.1) is 6.42 Å². The maximum Gasteiger partial charge on any atom is 0.224 e. The van der Waals surface area contributed by atoms with Crippen molar-refractivity contribution in [2.24, 2.45) is 0 Å². The molecule has 104 valence electrons. The Balaban J connectivity index is 1.76. The number of carbonyl (C=O) groups is 1. The van der Waals surface area contributed by atoms with Crippen LogP contribution in [0.5, 0.6) is 0 Å². The number of anilines is 1. The van der Waals surface area contributed by atoms with Crippen LogP contribution in [-0.4, -0.2) is 12.5 Å². The van der Waals surface area contributed by atoms with Crippen molar-refractivity contribution in [2.75, 3.05) is 12.3 Å². The molecule has 0 bridgehead atoms. The van der Waals surface area contributed by atoms with Gasteiger partial charge in [0, 0.05) is 17.3 Å². The van der Waals surface area contributed by atoms with Gasteiger partial charge in [-0.05, 0) is 41.8 Å². The van der Waals surface area contributed by atoms with Gasteiger partial charge in [-0.15, -0.1) is 0 Å². The fourth-order valence-electron chi connectivity index (χ4n) is 1.92. The molecule has 0 atom stereocenters. The van der Waals surface area contributed by atoms with E-state index < -0.39 is 0 Å². The van der Waals surface area contributed by atoms with Crippen LogP contribution in [-0.2, 0) is 17.6 Å². The zero-order valence-corrected chi connectivity index (χ0v) is 11.9. The molecular weight excluding hydrogens is 272 g/mol. The van der Waals surface area contributed by atoms with E-state index in [1.54, 1.807) is 12.1 Å². The topological polar surface area (TPSA) is 55.1 Å². The highest BCUT2D eigenvalue weighted by Crippen LogP contribution is 2.10. The number of hydrogen-bond donors (Lipinski definition) is 2. The molecule has 0 aliphatic heterocycles. The Morgan fingerprint density at radius 3 is 2.55 bits per heavy atom. The number of nitrogen functional groups attached to an aromatic ring is 1. The molecule has 0 unspecified atom stereocenters. The fraction of sp³-hybridized carbons (Fsp3) is 0.188. The van der Waals surface area contributed by atoms with Gasteiger partial charge in [-0.2, -0.15) is 0 Å². The van der Waals surface area contributed by atoms with Gasteiger partial charge in [-0.1, -0.05) is 35.9 Å². The third-order valence-electron chi connectivity index (χ3n) is 2.97. The maximum atomic E-state index is 11.8. The van der Waals surface area contributed by atoms with E-state index in [1.807, 2.05) is 36.4 Å². The van der Waals surface area contributed by atoms with Crippen LogP contribution < -0.4 is 11.1 Å². The van der Waals surface area contributed by atoms with Crippen LogP contribution in [0, 0.1) is 0 Å². The quantitative estimate of drug-likeness (QED) is 0.831. The Labute approximate surface area is 123 Å². The van der Waals surface area contributed by atoms with Crippen LogP contribution in [0.25, 0.3) is 0 Å². The lowest BCUT2D eigenvalue weighted by atomic mass is 10.1. The molecule has 0 aliphatic carbocycles. The second-order valence-corrected chi connectivity index (χ2v) is 5.08. The summed E-state index contributed by atoms with van der Waals surface area (Å²) in [6.07, 6.45) is 1.14. The van der Waals surface area contributed by atoms with Gasteiger partial charge in [-0.3, -0.25) is 4.79 Å². The number of carbonyl (C=O) groups excluding carboxylic acids is 1. The van der Waals surface area contributed by atoms with Crippen LogP contribution in [0.4, 0.5) is 5.69 Å². The third-order valence-corrected chi connectivity index (χ3v) is 3.20.